The predicted octanol–water partition coefficient (Wildman–Crippen LogP) is 2.38. The number of hydrogen-bond donors (Lipinski definition) is 1. The highest BCUT2D eigenvalue weighted by atomic mass is 16.1. The number of benzene rings is 1. The van der Waals surface area contributed by atoms with Crippen molar-refractivity contribution < 1.29 is 4.79 Å². The molecule has 1 unspecified atom stereocenters. The van der Waals surface area contributed by atoms with Crippen LogP contribution in [-0.4, -0.2) is 36.5 Å². The van der Waals surface area contributed by atoms with E-state index in [-0.39, 0.29) is 5.91 Å². The highest BCUT2D eigenvalue weighted by molar-refractivity contribution is 5.96. The summed E-state index contributed by atoms with van der Waals surface area (Å²) in [7, 11) is 0. The van der Waals surface area contributed by atoms with Gasteiger partial charge in [-0.05, 0) is 62.4 Å². The number of nitrogens with zero attached hydrogens (tertiary/aromatic N) is 1. The lowest BCUT2D eigenvalue weighted by atomic mass is 9.84. The maximum atomic E-state index is 12.5. The second kappa shape index (κ2) is 5.57. The van der Waals surface area contributed by atoms with Crippen molar-refractivity contribution in [3.05, 3.63) is 34.9 Å². The number of piperidine rings is 3. The van der Waals surface area contributed by atoms with Gasteiger partial charge in [0.05, 0.1) is 0 Å². The molecule has 0 aliphatic carbocycles. The van der Waals surface area contributed by atoms with Gasteiger partial charge in [0.1, 0.15) is 0 Å². The molecule has 3 heteroatoms. The molecule has 3 nitrogen and oxygen atoms in total. The molecule has 3 saturated heterocycles. The Balaban J connectivity index is 1.73. The normalized spacial score (nSPS) is 28.4. The summed E-state index contributed by atoms with van der Waals surface area (Å²) in [5.41, 5.74) is 3.25. The molecule has 1 atom stereocenters. The van der Waals surface area contributed by atoms with E-state index in [2.05, 4.69) is 30.1 Å². The summed E-state index contributed by atoms with van der Waals surface area (Å²) in [6, 6.07) is 6.40. The van der Waals surface area contributed by atoms with Gasteiger partial charge >= 0.3 is 0 Å². The smallest absolute Gasteiger partial charge is 0.251 e. The van der Waals surface area contributed by atoms with Gasteiger partial charge in [-0.3, -0.25) is 4.79 Å². The van der Waals surface area contributed by atoms with E-state index in [4.69, 9.17) is 0 Å². The molecular weight excluding hydrogens is 248 g/mol. The van der Waals surface area contributed by atoms with Crippen LogP contribution in [-0.2, 0) is 6.42 Å². The molecule has 1 aromatic rings. The van der Waals surface area contributed by atoms with Crippen LogP contribution in [0.5, 0.6) is 0 Å². The Labute approximate surface area is 121 Å². The molecule has 1 aromatic carbocycles. The highest BCUT2D eigenvalue weighted by Gasteiger charge is 2.35. The first kappa shape index (κ1) is 13.6. The van der Waals surface area contributed by atoms with E-state index < -0.39 is 0 Å². The molecule has 3 heterocycles. The average molecular weight is 272 g/mol. The van der Waals surface area contributed by atoms with Crippen molar-refractivity contribution in [2.24, 2.45) is 5.92 Å². The highest BCUT2D eigenvalue weighted by Crippen LogP contribution is 2.27. The average Bonchev–Trinajstić information content (AvgIpc) is 2.48. The predicted molar refractivity (Wildman–Crippen MR) is 81.0 cm³/mol. The molecule has 0 saturated carbocycles. The quantitative estimate of drug-likeness (QED) is 0.916. The fourth-order valence-corrected chi connectivity index (χ4v) is 3.69. The van der Waals surface area contributed by atoms with Gasteiger partial charge in [-0.2, -0.15) is 0 Å². The number of aryl methyl sites for hydroxylation is 1. The van der Waals surface area contributed by atoms with Crippen LogP contribution in [0.4, 0.5) is 0 Å². The first-order valence-electron chi connectivity index (χ1n) is 7.80. The van der Waals surface area contributed by atoms with Crippen LogP contribution in [0.25, 0.3) is 0 Å². The Kier molecular flexibility index (Phi) is 3.79. The molecule has 0 radical (unpaired) electrons. The third-order valence-corrected chi connectivity index (χ3v) is 5.04. The summed E-state index contributed by atoms with van der Waals surface area (Å²) in [6.45, 7) is 7.65. The van der Waals surface area contributed by atoms with Crippen molar-refractivity contribution in [3.8, 4) is 0 Å². The van der Waals surface area contributed by atoms with Crippen LogP contribution in [0.15, 0.2) is 18.2 Å². The zero-order valence-corrected chi connectivity index (χ0v) is 12.5. The van der Waals surface area contributed by atoms with Crippen molar-refractivity contribution in [3.63, 3.8) is 0 Å². The summed E-state index contributed by atoms with van der Waals surface area (Å²) in [5.74, 6) is 0.787. The van der Waals surface area contributed by atoms with Gasteiger partial charge in [-0.1, -0.05) is 19.1 Å². The minimum Gasteiger partial charge on any atom is -0.348 e. The van der Waals surface area contributed by atoms with Crippen molar-refractivity contribution in [1.82, 2.24) is 10.2 Å². The van der Waals surface area contributed by atoms with E-state index in [1.165, 1.54) is 31.5 Å². The second-order valence-corrected chi connectivity index (χ2v) is 6.16. The number of carbonyl (C=O) groups is 1. The maximum absolute atomic E-state index is 12.5. The van der Waals surface area contributed by atoms with E-state index in [1.807, 2.05) is 12.1 Å². The van der Waals surface area contributed by atoms with Gasteiger partial charge < -0.3 is 10.2 Å². The van der Waals surface area contributed by atoms with Gasteiger partial charge in [0.2, 0.25) is 0 Å². The van der Waals surface area contributed by atoms with Crippen LogP contribution in [0.1, 0.15) is 41.3 Å². The second-order valence-electron chi connectivity index (χ2n) is 6.16. The van der Waals surface area contributed by atoms with E-state index in [9.17, 15) is 4.79 Å². The Morgan fingerprint density at radius 3 is 2.70 bits per heavy atom. The zero-order valence-electron chi connectivity index (χ0n) is 12.5. The Morgan fingerprint density at radius 1 is 1.35 bits per heavy atom. The molecule has 0 spiro atoms. The van der Waals surface area contributed by atoms with E-state index in [1.54, 1.807) is 0 Å². The minimum absolute atomic E-state index is 0.108. The van der Waals surface area contributed by atoms with E-state index in [0.717, 1.165) is 24.1 Å². The molecule has 108 valence electrons. The van der Waals surface area contributed by atoms with Crippen molar-refractivity contribution >= 4 is 5.91 Å². The number of nitrogens with one attached hydrogen (secondary N) is 1. The Bertz CT molecular complexity index is 504. The number of hydrogen-bond acceptors (Lipinski definition) is 2. The van der Waals surface area contributed by atoms with Crippen LogP contribution in [0.2, 0.25) is 0 Å². The summed E-state index contributed by atoms with van der Waals surface area (Å²) < 4.78 is 0. The molecule has 3 aliphatic heterocycles. The largest absolute Gasteiger partial charge is 0.348 e. The van der Waals surface area contributed by atoms with E-state index in [0.29, 0.717) is 12.0 Å². The Morgan fingerprint density at radius 2 is 2.10 bits per heavy atom. The SMILES string of the molecule is CCc1cccc(C(=O)NC2CN3CCC2CC3)c1C. The van der Waals surface area contributed by atoms with Crippen LogP contribution in [0, 0.1) is 12.8 Å². The van der Waals surface area contributed by atoms with E-state index >= 15 is 0 Å². The van der Waals surface area contributed by atoms with Gasteiger partial charge in [0.15, 0.2) is 0 Å². The summed E-state index contributed by atoms with van der Waals surface area (Å²) in [4.78, 5) is 15.0. The fourth-order valence-electron chi connectivity index (χ4n) is 3.69. The van der Waals surface area contributed by atoms with Gasteiger partial charge in [-0.25, -0.2) is 0 Å². The summed E-state index contributed by atoms with van der Waals surface area (Å²) in [6.07, 6.45) is 3.45. The fraction of sp³-hybridized carbons (Fsp3) is 0.588. The van der Waals surface area contributed by atoms with Crippen molar-refractivity contribution in [2.45, 2.75) is 39.2 Å². The molecular formula is C17H24N2O. The molecule has 20 heavy (non-hydrogen) atoms. The minimum atomic E-state index is 0.108. The third-order valence-electron chi connectivity index (χ3n) is 5.04. The zero-order chi connectivity index (χ0) is 14.1. The van der Waals surface area contributed by atoms with Crippen molar-refractivity contribution in [2.75, 3.05) is 19.6 Å². The first-order chi connectivity index (χ1) is 9.69. The van der Waals surface area contributed by atoms with Gasteiger partial charge in [-0.15, -0.1) is 0 Å². The van der Waals surface area contributed by atoms with Crippen LogP contribution in [0.3, 0.4) is 0 Å². The molecule has 3 fully saturated rings. The molecule has 1 amide bonds. The lowest BCUT2D eigenvalue weighted by molar-refractivity contribution is 0.0620. The standard InChI is InChI=1S/C17H24N2O/c1-3-13-5-4-6-15(12(13)2)17(20)18-16-11-19-9-7-14(16)8-10-19/h4-6,14,16H,3,7-11H2,1-2H3,(H,18,20). The monoisotopic (exact) mass is 272 g/mol. The molecule has 2 bridgehead atoms. The topological polar surface area (TPSA) is 32.3 Å². The molecule has 4 rings (SSSR count). The van der Waals surface area contributed by atoms with Gasteiger partial charge in [0.25, 0.3) is 5.91 Å². The number of carbonyl (C=O) groups excluding carboxylic acids is 1. The summed E-state index contributed by atoms with van der Waals surface area (Å²) in [5, 5.41) is 3.28. The number of fused-ring (bicyclic) bond motifs is 3. The number of amides is 1. The first-order valence-corrected chi connectivity index (χ1v) is 7.80. The Hall–Kier alpha value is -1.35. The van der Waals surface area contributed by atoms with Crippen LogP contribution < -0.4 is 5.32 Å². The number of rotatable bonds is 3. The third kappa shape index (κ3) is 2.47. The molecule has 3 aliphatic rings. The van der Waals surface area contributed by atoms with Crippen LogP contribution >= 0.6 is 0 Å². The summed E-state index contributed by atoms with van der Waals surface area (Å²) >= 11 is 0. The lowest BCUT2D eigenvalue weighted by Gasteiger charge is -2.45. The lowest BCUT2D eigenvalue weighted by Crippen LogP contribution is -2.57. The van der Waals surface area contributed by atoms with Gasteiger partial charge in [0, 0.05) is 18.2 Å². The maximum Gasteiger partial charge on any atom is 0.251 e. The molecule has 0 aromatic heterocycles. The van der Waals surface area contributed by atoms with Crippen molar-refractivity contribution in [1.29, 1.82) is 0 Å². The molecule has 1 N–H and O–H groups in total.